The Morgan fingerprint density at radius 2 is 1.02 bits per heavy atom. The fourth-order valence-corrected chi connectivity index (χ4v) is 10.2. The Morgan fingerprint density at radius 3 is 1.77 bits per heavy atom. The van der Waals surface area contributed by atoms with Gasteiger partial charge in [0.1, 0.15) is 10.9 Å². The van der Waals surface area contributed by atoms with Crippen molar-refractivity contribution in [2.75, 3.05) is 4.90 Å². The van der Waals surface area contributed by atoms with Gasteiger partial charge < -0.3 is 13.9 Å². The molecule has 13 rings (SSSR count). The van der Waals surface area contributed by atoms with Crippen molar-refractivity contribution >= 4 is 71.5 Å². The number of rotatable bonds is 5. The molecule has 0 radical (unpaired) electrons. The number of nitrogens with zero attached hydrogens (tertiary/aromatic N) is 3. The van der Waals surface area contributed by atoms with Crippen molar-refractivity contribution < 1.29 is 4.42 Å². The zero-order valence-corrected chi connectivity index (χ0v) is 33.6. The van der Waals surface area contributed by atoms with Crippen LogP contribution < -0.4 is 4.90 Å². The van der Waals surface area contributed by atoms with Crippen molar-refractivity contribution in [2.24, 2.45) is 0 Å². The molecule has 0 fully saturated rings. The van der Waals surface area contributed by atoms with Gasteiger partial charge in [-0.05, 0) is 99.1 Å². The molecule has 12 aromatic rings. The SMILES string of the molecule is c1ccc(-c2ccc3cc2N(c2ccc4c(c2)c2ccccc2n4-c2ccccc2)c2ccc4ccc5ccc6nc(oc6c5c4c2)C3(c2ccccc2)c2ccccc2)cc1. The molecule has 3 heterocycles. The monoisotopic (exact) mass is 791 g/mol. The highest BCUT2D eigenvalue weighted by molar-refractivity contribution is 6.19. The molecule has 0 saturated carbocycles. The fourth-order valence-electron chi connectivity index (χ4n) is 10.2. The van der Waals surface area contributed by atoms with Crippen LogP contribution in [0.4, 0.5) is 17.1 Å². The molecule has 0 unspecified atom stereocenters. The highest BCUT2D eigenvalue weighted by Crippen LogP contribution is 2.51. The zero-order valence-electron chi connectivity index (χ0n) is 33.6. The summed E-state index contributed by atoms with van der Waals surface area (Å²) >= 11 is 0. The first-order chi connectivity index (χ1) is 30.7. The van der Waals surface area contributed by atoms with Gasteiger partial charge in [0.05, 0.1) is 16.7 Å². The maximum absolute atomic E-state index is 7.30. The molecule has 10 aromatic carbocycles. The van der Waals surface area contributed by atoms with Crippen LogP contribution in [0, 0.1) is 0 Å². The van der Waals surface area contributed by atoms with E-state index in [0.29, 0.717) is 5.89 Å². The number of hydrogen-bond acceptors (Lipinski definition) is 3. The Kier molecular flexibility index (Phi) is 7.49. The van der Waals surface area contributed by atoms with E-state index >= 15 is 0 Å². The van der Waals surface area contributed by atoms with E-state index in [-0.39, 0.29) is 0 Å². The molecule has 2 aromatic heterocycles. The molecular weight excluding hydrogens is 755 g/mol. The topological polar surface area (TPSA) is 34.2 Å². The third-order valence-corrected chi connectivity index (χ3v) is 13.0. The van der Waals surface area contributed by atoms with E-state index in [4.69, 9.17) is 9.40 Å². The average Bonchev–Trinajstić information content (AvgIpc) is 3.93. The van der Waals surface area contributed by atoms with Gasteiger partial charge in [-0.25, -0.2) is 4.98 Å². The Balaban J connectivity index is 1.21. The normalized spacial score (nSPS) is 13.3. The predicted octanol–water partition coefficient (Wildman–Crippen LogP) is 15.1. The number of benzene rings is 10. The van der Waals surface area contributed by atoms with Crippen molar-refractivity contribution in [3.05, 3.63) is 247 Å². The summed E-state index contributed by atoms with van der Waals surface area (Å²) in [6.45, 7) is 0. The van der Waals surface area contributed by atoms with Crippen LogP contribution in [0.1, 0.15) is 22.6 Å². The molecule has 1 aliphatic heterocycles. The lowest BCUT2D eigenvalue weighted by atomic mass is 9.68. The van der Waals surface area contributed by atoms with Crippen molar-refractivity contribution in [3.8, 4) is 16.8 Å². The van der Waals surface area contributed by atoms with E-state index in [0.717, 1.165) is 88.7 Å². The first-order valence-corrected chi connectivity index (χ1v) is 21.2. The summed E-state index contributed by atoms with van der Waals surface area (Å²) in [4.78, 5) is 7.96. The van der Waals surface area contributed by atoms with Crippen LogP contribution in [0.3, 0.4) is 0 Å². The van der Waals surface area contributed by atoms with Crippen LogP contribution >= 0.6 is 0 Å². The molecule has 290 valence electrons. The summed E-state index contributed by atoms with van der Waals surface area (Å²) in [7, 11) is 0. The van der Waals surface area contributed by atoms with Crippen LogP contribution in [0.5, 0.6) is 0 Å². The first-order valence-electron chi connectivity index (χ1n) is 21.2. The van der Waals surface area contributed by atoms with E-state index in [2.05, 4.69) is 234 Å². The van der Waals surface area contributed by atoms with E-state index in [9.17, 15) is 0 Å². The molecule has 4 heteroatoms. The lowest BCUT2D eigenvalue weighted by Gasteiger charge is -2.35. The van der Waals surface area contributed by atoms with Crippen LogP contribution in [0.2, 0.25) is 0 Å². The summed E-state index contributed by atoms with van der Waals surface area (Å²) in [5, 5.41) is 6.81. The standard InChI is InChI=1S/C58H37N3O/c1-5-15-38(16-6-1)47-32-29-43-35-54(47)60(46-31-34-53-50(37-46)48-23-13-14-24-52(48)61(53)44-21-11-4-12-22-44)45-30-27-39-25-26-40-28-33-51-56(55(40)49(39)36-45)62-57(59-51)58(43,41-17-7-2-8-18-41)42-19-9-3-10-20-42/h1-37H. The van der Waals surface area contributed by atoms with E-state index in [1.165, 1.54) is 16.3 Å². The van der Waals surface area contributed by atoms with Gasteiger partial charge in [-0.2, -0.15) is 0 Å². The number of hydrogen-bond donors (Lipinski definition) is 0. The molecule has 0 N–H and O–H groups in total. The molecule has 0 spiro atoms. The molecular formula is C58H37N3O. The van der Waals surface area contributed by atoms with Crippen molar-refractivity contribution in [2.45, 2.75) is 5.41 Å². The second kappa shape index (κ2) is 13.4. The minimum absolute atomic E-state index is 0.631. The third kappa shape index (κ3) is 4.98. The van der Waals surface area contributed by atoms with Gasteiger partial charge >= 0.3 is 0 Å². The van der Waals surface area contributed by atoms with E-state index < -0.39 is 5.41 Å². The molecule has 1 aliphatic rings. The predicted molar refractivity (Wildman–Crippen MR) is 255 cm³/mol. The average molecular weight is 792 g/mol. The number of aromatic nitrogens is 2. The van der Waals surface area contributed by atoms with Gasteiger partial charge in [-0.1, -0.05) is 164 Å². The van der Waals surface area contributed by atoms with Crippen molar-refractivity contribution in [3.63, 3.8) is 0 Å². The Bertz CT molecular complexity index is 3650. The number of oxazole rings is 1. The van der Waals surface area contributed by atoms with E-state index in [1.807, 2.05) is 0 Å². The number of anilines is 3. The fraction of sp³-hybridized carbons (Fsp3) is 0.0172. The maximum atomic E-state index is 7.30. The molecule has 0 saturated heterocycles. The summed E-state index contributed by atoms with van der Waals surface area (Å²) in [5.41, 5.74) is 12.8. The highest BCUT2D eigenvalue weighted by Gasteiger charge is 2.44. The summed E-state index contributed by atoms with van der Waals surface area (Å²) in [6, 6.07) is 81.2. The smallest absolute Gasteiger partial charge is 0.215 e. The van der Waals surface area contributed by atoms with Gasteiger partial charge in [-0.3, -0.25) is 0 Å². The minimum atomic E-state index is -0.919. The second-order valence-corrected chi connectivity index (χ2v) is 16.3. The van der Waals surface area contributed by atoms with E-state index in [1.54, 1.807) is 0 Å². The van der Waals surface area contributed by atoms with Crippen molar-refractivity contribution in [1.29, 1.82) is 0 Å². The van der Waals surface area contributed by atoms with Gasteiger partial charge in [0.25, 0.3) is 0 Å². The van der Waals surface area contributed by atoms with Gasteiger partial charge in [0.15, 0.2) is 5.58 Å². The quantitative estimate of drug-likeness (QED) is 0.163. The lowest BCUT2D eigenvalue weighted by Crippen LogP contribution is -2.31. The Hall–Kier alpha value is -8.21. The van der Waals surface area contributed by atoms with Crippen LogP contribution in [0.15, 0.2) is 229 Å². The van der Waals surface area contributed by atoms with Gasteiger partial charge in [-0.15, -0.1) is 0 Å². The molecule has 0 aliphatic carbocycles. The number of fused-ring (bicyclic) bond motifs is 7. The Morgan fingerprint density at radius 1 is 0.419 bits per heavy atom. The molecule has 62 heavy (non-hydrogen) atoms. The Labute approximate surface area is 358 Å². The molecule has 0 atom stereocenters. The third-order valence-electron chi connectivity index (χ3n) is 13.0. The van der Waals surface area contributed by atoms with Crippen molar-refractivity contribution in [1.82, 2.24) is 9.55 Å². The number of para-hydroxylation sites is 2. The zero-order chi connectivity index (χ0) is 40.8. The second-order valence-electron chi connectivity index (χ2n) is 16.3. The van der Waals surface area contributed by atoms with Crippen LogP contribution in [-0.4, -0.2) is 9.55 Å². The summed E-state index contributed by atoms with van der Waals surface area (Å²) in [6.07, 6.45) is 0. The molecule has 4 nitrogen and oxygen atoms in total. The molecule has 0 amide bonds. The van der Waals surface area contributed by atoms with Gasteiger partial charge in [0.2, 0.25) is 5.89 Å². The largest absolute Gasteiger partial charge is 0.438 e. The summed E-state index contributed by atoms with van der Waals surface area (Å²) in [5.74, 6) is 0.631. The maximum Gasteiger partial charge on any atom is 0.215 e. The molecule has 6 bridgehead atoms. The van der Waals surface area contributed by atoms with Crippen LogP contribution in [0.25, 0.3) is 71.3 Å². The lowest BCUT2D eigenvalue weighted by molar-refractivity contribution is 0.473. The first kappa shape index (κ1) is 34.6. The summed E-state index contributed by atoms with van der Waals surface area (Å²) < 4.78 is 9.69. The minimum Gasteiger partial charge on any atom is -0.438 e. The van der Waals surface area contributed by atoms with Crippen LogP contribution in [-0.2, 0) is 5.41 Å². The van der Waals surface area contributed by atoms with Gasteiger partial charge in [0, 0.05) is 38.8 Å². The highest BCUT2D eigenvalue weighted by atomic mass is 16.3.